The molecule has 34 heavy (non-hydrogen) atoms. The third kappa shape index (κ3) is 4.51. The second-order valence-corrected chi connectivity index (χ2v) is 8.49. The maximum atomic E-state index is 12.2. The molecule has 3 heterocycles. The number of carbonyl (C=O) groups is 1. The van der Waals surface area contributed by atoms with E-state index in [1.165, 1.54) is 12.5 Å². The van der Waals surface area contributed by atoms with Crippen molar-refractivity contribution >= 4 is 33.3 Å². The minimum atomic E-state index is -0.183. The lowest BCUT2D eigenvalue weighted by atomic mass is 10.1. The van der Waals surface area contributed by atoms with Gasteiger partial charge in [-0.3, -0.25) is 4.79 Å². The predicted octanol–water partition coefficient (Wildman–Crippen LogP) is 5.00. The summed E-state index contributed by atoms with van der Waals surface area (Å²) in [4.78, 5) is 16.8. The number of carbonyl (C=O) groups excluding carboxylic acids is 1. The molecule has 0 aliphatic heterocycles. The number of aromatic hydroxyl groups is 1. The number of anilines is 1. The molecule has 0 fully saturated rings. The number of furan rings is 1. The molecule has 0 atom stereocenters. The maximum absolute atomic E-state index is 12.2. The normalized spacial score (nSPS) is 11.0. The van der Waals surface area contributed by atoms with Crippen LogP contribution in [0, 0.1) is 0 Å². The molecule has 170 valence electrons. The monoisotopic (exact) mass is 517 g/mol. The van der Waals surface area contributed by atoms with Gasteiger partial charge in [-0.2, -0.15) is 9.61 Å². The highest BCUT2D eigenvalue weighted by atomic mass is 79.9. The average Bonchev–Trinajstić information content (AvgIpc) is 3.52. The lowest BCUT2D eigenvalue weighted by Gasteiger charge is -2.12. The van der Waals surface area contributed by atoms with Gasteiger partial charge in [0.25, 0.3) is 5.91 Å². The second kappa shape index (κ2) is 9.40. The Morgan fingerprint density at radius 3 is 2.68 bits per heavy atom. The summed E-state index contributed by atoms with van der Waals surface area (Å²) in [5.74, 6) is 0.705. The Bertz CT molecular complexity index is 1460. The number of hydrogen-bond donors (Lipinski definition) is 3. The number of aromatic nitrogens is 3. The number of halogens is 1. The zero-order valence-electron chi connectivity index (χ0n) is 17.9. The molecule has 0 spiro atoms. The number of nitrogens with zero attached hydrogens (tertiary/aromatic N) is 3. The number of amides is 1. The molecule has 9 heteroatoms. The van der Waals surface area contributed by atoms with Crippen LogP contribution in [-0.2, 0) is 13.1 Å². The van der Waals surface area contributed by atoms with E-state index in [4.69, 9.17) is 4.42 Å². The van der Waals surface area contributed by atoms with E-state index in [2.05, 4.69) is 36.6 Å². The van der Waals surface area contributed by atoms with Gasteiger partial charge in [0, 0.05) is 24.7 Å². The first-order valence-electron chi connectivity index (χ1n) is 10.5. The Morgan fingerprint density at radius 1 is 1.06 bits per heavy atom. The van der Waals surface area contributed by atoms with Crippen LogP contribution in [0.2, 0.25) is 0 Å². The Kier molecular flexibility index (Phi) is 6.01. The number of fused-ring (bicyclic) bond motifs is 1. The Hall–Kier alpha value is -4.11. The van der Waals surface area contributed by atoms with E-state index in [-0.39, 0.29) is 11.7 Å². The maximum Gasteiger partial charge on any atom is 0.254 e. The molecule has 0 unspecified atom stereocenters. The van der Waals surface area contributed by atoms with Crippen molar-refractivity contribution in [3.8, 4) is 17.0 Å². The van der Waals surface area contributed by atoms with Crippen LogP contribution in [-0.4, -0.2) is 25.6 Å². The fourth-order valence-corrected chi connectivity index (χ4v) is 3.96. The highest BCUT2D eigenvalue weighted by Crippen LogP contribution is 2.31. The predicted molar refractivity (Wildman–Crippen MR) is 131 cm³/mol. The van der Waals surface area contributed by atoms with Crippen LogP contribution in [0.4, 0.5) is 5.82 Å². The van der Waals surface area contributed by atoms with Crippen LogP contribution in [0.3, 0.4) is 0 Å². The van der Waals surface area contributed by atoms with E-state index in [1.54, 1.807) is 28.9 Å². The first kappa shape index (κ1) is 21.7. The largest absolute Gasteiger partial charge is 0.507 e. The van der Waals surface area contributed by atoms with Crippen LogP contribution in [0.1, 0.15) is 21.5 Å². The van der Waals surface area contributed by atoms with Gasteiger partial charge in [-0.05, 0) is 45.3 Å². The van der Waals surface area contributed by atoms with Crippen LogP contribution in [0.5, 0.6) is 5.75 Å². The van der Waals surface area contributed by atoms with E-state index in [0.29, 0.717) is 35.6 Å². The minimum absolute atomic E-state index is 0.158. The van der Waals surface area contributed by atoms with E-state index in [1.807, 2.05) is 42.5 Å². The fourth-order valence-electron chi connectivity index (χ4n) is 3.61. The molecule has 0 aliphatic carbocycles. The quantitative estimate of drug-likeness (QED) is 0.280. The molecule has 0 bridgehead atoms. The third-order valence-electron chi connectivity index (χ3n) is 5.31. The minimum Gasteiger partial charge on any atom is -0.507 e. The summed E-state index contributed by atoms with van der Waals surface area (Å²) in [5.41, 5.74) is 4.41. The van der Waals surface area contributed by atoms with E-state index < -0.39 is 0 Å². The van der Waals surface area contributed by atoms with Crippen LogP contribution >= 0.6 is 15.9 Å². The summed E-state index contributed by atoms with van der Waals surface area (Å²) in [6.45, 7) is 0.932. The van der Waals surface area contributed by atoms with Crippen molar-refractivity contribution in [3.05, 3.63) is 101 Å². The van der Waals surface area contributed by atoms with Crippen LogP contribution in [0.25, 0.3) is 16.9 Å². The van der Waals surface area contributed by atoms with E-state index in [9.17, 15) is 9.90 Å². The van der Waals surface area contributed by atoms with Crippen molar-refractivity contribution in [2.45, 2.75) is 13.1 Å². The first-order valence-corrected chi connectivity index (χ1v) is 11.3. The highest BCUT2D eigenvalue weighted by molar-refractivity contribution is 9.10. The summed E-state index contributed by atoms with van der Waals surface area (Å²) in [6, 6.07) is 18.5. The summed E-state index contributed by atoms with van der Waals surface area (Å²) < 4.78 is 7.42. The summed E-state index contributed by atoms with van der Waals surface area (Å²) in [6.07, 6.45) is 4.58. The molecule has 3 N–H and O–H groups in total. The molecule has 0 aliphatic rings. The highest BCUT2D eigenvalue weighted by Gasteiger charge is 2.14. The van der Waals surface area contributed by atoms with Crippen LogP contribution in [0.15, 0.2) is 88.3 Å². The Balaban J connectivity index is 1.35. The number of phenols is 1. The molecular formula is C25H20BrN5O3. The summed E-state index contributed by atoms with van der Waals surface area (Å²) >= 11 is 3.50. The molecule has 5 rings (SSSR count). The van der Waals surface area contributed by atoms with Gasteiger partial charge in [0.1, 0.15) is 17.8 Å². The summed E-state index contributed by atoms with van der Waals surface area (Å²) in [5, 5.41) is 21.0. The van der Waals surface area contributed by atoms with Crippen molar-refractivity contribution in [2.75, 3.05) is 5.32 Å². The molecule has 0 saturated heterocycles. The zero-order chi connectivity index (χ0) is 23.5. The van der Waals surface area contributed by atoms with Crippen LogP contribution < -0.4 is 10.6 Å². The van der Waals surface area contributed by atoms with Gasteiger partial charge < -0.3 is 20.2 Å². The molecule has 8 nitrogen and oxygen atoms in total. The molecule has 0 saturated carbocycles. The van der Waals surface area contributed by atoms with Crippen molar-refractivity contribution in [2.24, 2.45) is 0 Å². The number of para-hydroxylation sites is 1. The van der Waals surface area contributed by atoms with Gasteiger partial charge in [0.2, 0.25) is 0 Å². The molecular weight excluding hydrogens is 498 g/mol. The second-order valence-electron chi connectivity index (χ2n) is 7.64. The van der Waals surface area contributed by atoms with E-state index >= 15 is 0 Å². The van der Waals surface area contributed by atoms with Crippen molar-refractivity contribution in [1.29, 1.82) is 0 Å². The zero-order valence-corrected chi connectivity index (χ0v) is 19.5. The van der Waals surface area contributed by atoms with Crippen molar-refractivity contribution in [1.82, 2.24) is 19.9 Å². The molecule has 5 aromatic rings. The number of phenolic OH excluding ortho intramolecular Hbond substituents is 1. The SMILES string of the molecule is O=C(NCc1cccc(CNc2cc(-c3ccccc3O)nc3c(Br)cnn23)c1)c1ccoc1. The van der Waals surface area contributed by atoms with Gasteiger partial charge in [0.05, 0.1) is 28.2 Å². The topological polar surface area (TPSA) is 105 Å². The van der Waals surface area contributed by atoms with Crippen molar-refractivity contribution < 1.29 is 14.3 Å². The molecule has 1 amide bonds. The molecule has 2 aromatic carbocycles. The molecule has 3 aromatic heterocycles. The lowest BCUT2D eigenvalue weighted by Crippen LogP contribution is -2.22. The van der Waals surface area contributed by atoms with Crippen molar-refractivity contribution in [3.63, 3.8) is 0 Å². The average molecular weight is 518 g/mol. The lowest BCUT2D eigenvalue weighted by molar-refractivity contribution is 0.0950. The number of benzene rings is 2. The standard InChI is InChI=1S/C25H20BrN5O3/c26-20-14-29-31-23(11-21(30-24(20)31)19-6-1-2-7-22(19)32)27-12-16-4-3-5-17(10-16)13-28-25(33)18-8-9-34-15-18/h1-11,14-15,27,32H,12-13H2,(H,28,33). The Labute approximate surface area is 203 Å². The van der Waals surface area contributed by atoms with Gasteiger partial charge in [-0.1, -0.05) is 36.4 Å². The van der Waals surface area contributed by atoms with E-state index in [0.717, 1.165) is 21.4 Å². The smallest absolute Gasteiger partial charge is 0.254 e. The van der Waals surface area contributed by atoms with Gasteiger partial charge in [-0.25, -0.2) is 4.98 Å². The van der Waals surface area contributed by atoms with Gasteiger partial charge in [-0.15, -0.1) is 0 Å². The number of rotatable bonds is 7. The van der Waals surface area contributed by atoms with Gasteiger partial charge in [0.15, 0.2) is 5.65 Å². The third-order valence-corrected chi connectivity index (χ3v) is 5.87. The van der Waals surface area contributed by atoms with Gasteiger partial charge >= 0.3 is 0 Å². The fraction of sp³-hybridized carbons (Fsp3) is 0.0800. The Morgan fingerprint density at radius 2 is 1.88 bits per heavy atom. The number of hydrogen-bond acceptors (Lipinski definition) is 6. The first-order chi connectivity index (χ1) is 16.6. The summed E-state index contributed by atoms with van der Waals surface area (Å²) in [7, 11) is 0. The number of nitrogens with one attached hydrogen (secondary N) is 2. The molecule has 0 radical (unpaired) electrons.